The van der Waals surface area contributed by atoms with Crippen LogP contribution in [0.3, 0.4) is 0 Å². The van der Waals surface area contributed by atoms with Crippen LogP contribution in [0, 0.1) is 11.6 Å². The minimum absolute atomic E-state index is 0.135. The van der Waals surface area contributed by atoms with Gasteiger partial charge in [0.15, 0.2) is 11.6 Å². The van der Waals surface area contributed by atoms with Gasteiger partial charge in [0.2, 0.25) is 0 Å². The van der Waals surface area contributed by atoms with Crippen molar-refractivity contribution in [3.8, 4) is 0 Å². The topological polar surface area (TPSA) is 35.6 Å². The van der Waals surface area contributed by atoms with Crippen molar-refractivity contribution in [2.45, 2.75) is 12.5 Å². The largest absolute Gasteiger partial charge is 0.352 e. The molecule has 1 heterocycles. The molecule has 2 aromatic carbocycles. The average Bonchev–Trinajstić information content (AvgIpc) is 2.68. The predicted octanol–water partition coefficient (Wildman–Crippen LogP) is 3.07. The maximum Gasteiger partial charge on any atom is 0.251 e. The Bertz CT molecular complexity index is 769. The van der Waals surface area contributed by atoms with Crippen molar-refractivity contribution in [1.29, 1.82) is 0 Å². The Kier molecular flexibility index (Phi) is 6.53. The molecule has 0 aromatic heterocycles. The Morgan fingerprint density at radius 3 is 2.63 bits per heavy atom. The molecule has 27 heavy (non-hydrogen) atoms. The molecule has 1 aliphatic heterocycles. The highest BCUT2D eigenvalue weighted by Crippen LogP contribution is 2.24. The van der Waals surface area contributed by atoms with Crippen LogP contribution in [0.15, 0.2) is 48.5 Å². The van der Waals surface area contributed by atoms with Crippen molar-refractivity contribution in [2.75, 3.05) is 39.8 Å². The number of piperazine rings is 1. The van der Waals surface area contributed by atoms with Gasteiger partial charge in [0, 0.05) is 44.3 Å². The van der Waals surface area contributed by atoms with Crippen LogP contribution in [0.2, 0.25) is 0 Å². The van der Waals surface area contributed by atoms with Crippen LogP contribution < -0.4 is 5.32 Å². The third-order valence-corrected chi connectivity index (χ3v) is 4.97. The van der Waals surface area contributed by atoms with E-state index in [2.05, 4.69) is 46.4 Å². The fraction of sp³-hybridized carbons (Fsp3) is 0.381. The summed E-state index contributed by atoms with van der Waals surface area (Å²) in [6.45, 7) is 4.33. The first-order valence-corrected chi connectivity index (χ1v) is 9.25. The number of hydrogen-bond acceptors (Lipinski definition) is 3. The maximum absolute atomic E-state index is 13.2. The number of halogens is 2. The Labute approximate surface area is 158 Å². The predicted molar refractivity (Wildman–Crippen MR) is 102 cm³/mol. The van der Waals surface area contributed by atoms with E-state index in [4.69, 9.17) is 0 Å². The van der Waals surface area contributed by atoms with E-state index in [1.54, 1.807) is 0 Å². The third kappa shape index (κ3) is 5.11. The molecule has 1 fully saturated rings. The number of carbonyl (C=O) groups is 1. The van der Waals surface area contributed by atoms with E-state index in [1.165, 1.54) is 11.6 Å². The SMILES string of the molecule is CN1CCN(CCCNC(=O)c2ccc(F)c(F)c2)[C@H](c2ccccc2)C1. The summed E-state index contributed by atoms with van der Waals surface area (Å²) in [4.78, 5) is 16.8. The summed E-state index contributed by atoms with van der Waals surface area (Å²) in [5, 5.41) is 2.78. The van der Waals surface area contributed by atoms with Crippen molar-refractivity contribution in [1.82, 2.24) is 15.1 Å². The molecular weight excluding hydrogens is 348 g/mol. The molecule has 6 heteroatoms. The maximum atomic E-state index is 13.2. The summed E-state index contributed by atoms with van der Waals surface area (Å²) < 4.78 is 26.2. The lowest BCUT2D eigenvalue weighted by molar-refractivity contribution is 0.0865. The minimum Gasteiger partial charge on any atom is -0.352 e. The van der Waals surface area contributed by atoms with Crippen molar-refractivity contribution in [3.63, 3.8) is 0 Å². The zero-order chi connectivity index (χ0) is 19.2. The summed E-state index contributed by atoms with van der Waals surface area (Å²) in [6.07, 6.45) is 0.794. The fourth-order valence-electron chi connectivity index (χ4n) is 3.44. The van der Waals surface area contributed by atoms with Gasteiger partial charge in [-0.1, -0.05) is 30.3 Å². The van der Waals surface area contributed by atoms with Gasteiger partial charge in [0.05, 0.1) is 0 Å². The quantitative estimate of drug-likeness (QED) is 0.791. The van der Waals surface area contributed by atoms with Gasteiger partial charge in [-0.3, -0.25) is 9.69 Å². The Balaban J connectivity index is 1.51. The zero-order valence-electron chi connectivity index (χ0n) is 15.5. The first-order chi connectivity index (χ1) is 13.0. The molecule has 0 aliphatic carbocycles. The number of benzene rings is 2. The van der Waals surface area contributed by atoms with Gasteiger partial charge in [0.1, 0.15) is 0 Å². The van der Waals surface area contributed by atoms with Crippen LogP contribution in [0.1, 0.15) is 28.4 Å². The first kappa shape index (κ1) is 19.5. The van der Waals surface area contributed by atoms with E-state index in [1.807, 2.05) is 6.07 Å². The van der Waals surface area contributed by atoms with Crippen LogP contribution in [0.25, 0.3) is 0 Å². The van der Waals surface area contributed by atoms with Crippen molar-refractivity contribution >= 4 is 5.91 Å². The number of nitrogens with one attached hydrogen (secondary N) is 1. The minimum atomic E-state index is -1.01. The molecule has 0 radical (unpaired) electrons. The van der Waals surface area contributed by atoms with E-state index in [0.717, 1.165) is 44.7 Å². The number of hydrogen-bond donors (Lipinski definition) is 1. The van der Waals surface area contributed by atoms with Crippen LogP contribution in [-0.2, 0) is 0 Å². The van der Waals surface area contributed by atoms with Gasteiger partial charge in [-0.2, -0.15) is 0 Å². The van der Waals surface area contributed by atoms with Crippen LogP contribution in [0.5, 0.6) is 0 Å². The smallest absolute Gasteiger partial charge is 0.251 e. The average molecular weight is 373 g/mol. The van der Waals surface area contributed by atoms with Crippen LogP contribution in [-0.4, -0.2) is 55.5 Å². The van der Waals surface area contributed by atoms with Gasteiger partial charge in [0.25, 0.3) is 5.91 Å². The molecule has 1 aliphatic rings. The Hall–Kier alpha value is -2.31. The second-order valence-corrected chi connectivity index (χ2v) is 6.96. The van der Waals surface area contributed by atoms with Crippen LogP contribution >= 0.6 is 0 Å². The second kappa shape index (κ2) is 9.06. The molecule has 0 bridgehead atoms. The number of nitrogens with zero attached hydrogens (tertiary/aromatic N) is 2. The first-order valence-electron chi connectivity index (χ1n) is 9.25. The standard InChI is InChI=1S/C21H25F2N3O/c1-25-12-13-26(20(15-25)16-6-3-2-4-7-16)11-5-10-24-21(27)17-8-9-18(22)19(23)14-17/h2-4,6-9,14,20H,5,10-13,15H2,1H3,(H,24,27)/t20-/m0/s1. The fourth-order valence-corrected chi connectivity index (χ4v) is 3.44. The highest BCUT2D eigenvalue weighted by Gasteiger charge is 2.25. The highest BCUT2D eigenvalue weighted by atomic mass is 19.2. The van der Waals surface area contributed by atoms with Gasteiger partial charge >= 0.3 is 0 Å². The number of amides is 1. The molecule has 0 spiro atoms. The molecular formula is C21H25F2N3O. The summed E-state index contributed by atoms with van der Waals surface area (Å²) in [5.41, 5.74) is 1.44. The number of rotatable bonds is 6. The highest BCUT2D eigenvalue weighted by molar-refractivity contribution is 5.94. The van der Waals surface area contributed by atoms with E-state index in [9.17, 15) is 13.6 Å². The van der Waals surface area contributed by atoms with Gasteiger partial charge in [-0.05, 0) is 37.2 Å². The molecule has 0 unspecified atom stereocenters. The Morgan fingerprint density at radius 1 is 1.11 bits per heavy atom. The molecule has 1 N–H and O–H groups in total. The normalized spacial score (nSPS) is 18.4. The van der Waals surface area contributed by atoms with Gasteiger partial charge < -0.3 is 10.2 Å². The molecule has 0 saturated carbocycles. The molecule has 3 rings (SSSR count). The Morgan fingerprint density at radius 2 is 1.89 bits per heavy atom. The van der Waals surface area contributed by atoms with E-state index in [-0.39, 0.29) is 11.5 Å². The van der Waals surface area contributed by atoms with Crippen molar-refractivity contribution in [2.24, 2.45) is 0 Å². The molecule has 2 aromatic rings. The lowest BCUT2D eigenvalue weighted by Gasteiger charge is -2.40. The molecule has 1 saturated heterocycles. The lowest BCUT2D eigenvalue weighted by atomic mass is 10.0. The number of carbonyl (C=O) groups excluding carboxylic acids is 1. The van der Waals surface area contributed by atoms with E-state index < -0.39 is 11.6 Å². The van der Waals surface area contributed by atoms with Gasteiger partial charge in [-0.15, -0.1) is 0 Å². The van der Waals surface area contributed by atoms with Gasteiger partial charge in [-0.25, -0.2) is 8.78 Å². The molecule has 144 valence electrons. The van der Waals surface area contributed by atoms with E-state index >= 15 is 0 Å². The summed E-state index contributed by atoms with van der Waals surface area (Å²) >= 11 is 0. The summed E-state index contributed by atoms with van der Waals surface area (Å²) in [6, 6.07) is 14.0. The van der Waals surface area contributed by atoms with E-state index in [0.29, 0.717) is 12.6 Å². The monoisotopic (exact) mass is 373 g/mol. The lowest BCUT2D eigenvalue weighted by Crippen LogP contribution is -2.47. The molecule has 1 atom stereocenters. The number of likely N-dealkylation sites (N-methyl/N-ethyl adjacent to an activating group) is 1. The van der Waals surface area contributed by atoms with Crippen molar-refractivity contribution < 1.29 is 13.6 Å². The summed E-state index contributed by atoms with van der Waals surface area (Å²) in [5.74, 6) is -2.34. The summed E-state index contributed by atoms with van der Waals surface area (Å²) in [7, 11) is 2.13. The molecule has 4 nitrogen and oxygen atoms in total. The van der Waals surface area contributed by atoms with Crippen LogP contribution in [0.4, 0.5) is 8.78 Å². The zero-order valence-corrected chi connectivity index (χ0v) is 15.5. The third-order valence-electron chi connectivity index (χ3n) is 4.97. The van der Waals surface area contributed by atoms with Crippen molar-refractivity contribution in [3.05, 3.63) is 71.3 Å². The molecule has 1 amide bonds. The second-order valence-electron chi connectivity index (χ2n) is 6.96.